The molecule has 0 aliphatic carbocycles. The molecule has 1 N–H and O–H groups in total. The van der Waals surface area contributed by atoms with Crippen LogP contribution in [0.4, 0.5) is 0 Å². The van der Waals surface area contributed by atoms with Crippen LogP contribution < -0.4 is 5.32 Å². The highest BCUT2D eigenvalue weighted by molar-refractivity contribution is 5.17. The van der Waals surface area contributed by atoms with Crippen LogP contribution in [0.25, 0.3) is 0 Å². The van der Waals surface area contributed by atoms with E-state index >= 15 is 0 Å². The summed E-state index contributed by atoms with van der Waals surface area (Å²) in [5, 5.41) is 3.39. The highest BCUT2D eigenvalue weighted by atomic mass is 16.5. The summed E-state index contributed by atoms with van der Waals surface area (Å²) in [5.41, 5.74) is 2.24. The largest absolute Gasteiger partial charge is 0.380 e. The molecule has 15 heavy (non-hydrogen) atoms. The Kier molecular flexibility index (Phi) is 5.29. The highest BCUT2D eigenvalue weighted by Gasteiger charge is 2.09. The number of hydrogen-bond donors (Lipinski definition) is 1. The van der Waals surface area contributed by atoms with Gasteiger partial charge in [0.15, 0.2) is 0 Å². The Balaban J connectivity index is 2.65. The maximum Gasteiger partial charge on any atom is 0.0661 e. The number of likely N-dealkylation sites (N-methyl/N-ethyl adjacent to an activating group) is 1. The molecule has 84 valence electrons. The second kappa shape index (κ2) is 6.53. The van der Waals surface area contributed by atoms with Gasteiger partial charge in [-0.2, -0.15) is 0 Å². The first-order valence-corrected chi connectivity index (χ1v) is 5.51. The predicted octanol–water partition coefficient (Wildman–Crippen LogP) is 2.08. The van der Waals surface area contributed by atoms with Crippen molar-refractivity contribution < 1.29 is 4.74 Å². The van der Waals surface area contributed by atoms with Gasteiger partial charge in [-0.15, -0.1) is 0 Å². The Bertz CT molecular complexity index is 271. The summed E-state index contributed by atoms with van der Waals surface area (Å²) in [6.07, 6.45) is 1.92. The van der Waals surface area contributed by atoms with E-state index in [9.17, 15) is 0 Å². The van der Waals surface area contributed by atoms with Crippen LogP contribution in [0.2, 0.25) is 0 Å². The number of hydrogen-bond acceptors (Lipinski definition) is 3. The SMILES string of the molecule is CCNC(COCC)c1ccc(C)nc1. The van der Waals surface area contributed by atoms with E-state index in [1.165, 1.54) is 5.56 Å². The molecule has 0 aliphatic rings. The average molecular weight is 208 g/mol. The lowest BCUT2D eigenvalue weighted by molar-refractivity contribution is 0.123. The zero-order valence-corrected chi connectivity index (χ0v) is 9.79. The Hall–Kier alpha value is -0.930. The van der Waals surface area contributed by atoms with E-state index in [1.54, 1.807) is 0 Å². The van der Waals surface area contributed by atoms with Crippen LogP contribution in [0.1, 0.15) is 31.1 Å². The van der Waals surface area contributed by atoms with Gasteiger partial charge in [-0.1, -0.05) is 13.0 Å². The van der Waals surface area contributed by atoms with Crippen LogP contribution in [0.15, 0.2) is 18.3 Å². The van der Waals surface area contributed by atoms with E-state index in [0.29, 0.717) is 6.61 Å². The van der Waals surface area contributed by atoms with Crippen molar-refractivity contribution in [3.8, 4) is 0 Å². The lowest BCUT2D eigenvalue weighted by atomic mass is 10.1. The van der Waals surface area contributed by atoms with Gasteiger partial charge in [-0.3, -0.25) is 4.98 Å². The fourth-order valence-electron chi connectivity index (χ4n) is 1.44. The normalized spacial score (nSPS) is 12.7. The van der Waals surface area contributed by atoms with E-state index < -0.39 is 0 Å². The predicted molar refractivity (Wildman–Crippen MR) is 61.9 cm³/mol. The molecule has 1 aromatic heterocycles. The molecule has 1 unspecified atom stereocenters. The van der Waals surface area contributed by atoms with Crippen LogP contribution in [0.3, 0.4) is 0 Å². The number of nitrogens with one attached hydrogen (secondary N) is 1. The van der Waals surface area contributed by atoms with Gasteiger partial charge in [0.1, 0.15) is 0 Å². The lowest BCUT2D eigenvalue weighted by Crippen LogP contribution is -2.25. The van der Waals surface area contributed by atoms with Gasteiger partial charge >= 0.3 is 0 Å². The van der Waals surface area contributed by atoms with Gasteiger partial charge < -0.3 is 10.1 Å². The van der Waals surface area contributed by atoms with Crippen molar-refractivity contribution in [2.24, 2.45) is 0 Å². The first kappa shape index (κ1) is 12.1. The van der Waals surface area contributed by atoms with Gasteiger partial charge in [0, 0.05) is 18.5 Å². The molecule has 0 bridgehead atoms. The van der Waals surface area contributed by atoms with Crippen molar-refractivity contribution in [2.45, 2.75) is 26.8 Å². The summed E-state index contributed by atoms with van der Waals surface area (Å²) in [6, 6.07) is 4.39. The van der Waals surface area contributed by atoms with Gasteiger partial charge in [-0.05, 0) is 32.0 Å². The first-order valence-electron chi connectivity index (χ1n) is 5.51. The number of aromatic nitrogens is 1. The molecule has 0 saturated carbocycles. The second-order valence-corrected chi connectivity index (χ2v) is 3.50. The minimum atomic E-state index is 0.253. The maximum atomic E-state index is 5.44. The lowest BCUT2D eigenvalue weighted by Gasteiger charge is -2.17. The molecular weight excluding hydrogens is 188 g/mol. The molecule has 0 spiro atoms. The van der Waals surface area contributed by atoms with Gasteiger partial charge in [0.25, 0.3) is 0 Å². The van der Waals surface area contributed by atoms with Gasteiger partial charge in [0.05, 0.1) is 12.6 Å². The van der Waals surface area contributed by atoms with Crippen LogP contribution >= 0.6 is 0 Å². The average Bonchev–Trinajstić information content (AvgIpc) is 2.25. The molecule has 0 aromatic carbocycles. The van der Waals surface area contributed by atoms with Crippen molar-refractivity contribution in [2.75, 3.05) is 19.8 Å². The summed E-state index contributed by atoms with van der Waals surface area (Å²) in [6.45, 7) is 8.49. The molecule has 3 nitrogen and oxygen atoms in total. The topological polar surface area (TPSA) is 34.1 Å². The summed E-state index contributed by atoms with van der Waals surface area (Å²) < 4.78 is 5.44. The summed E-state index contributed by atoms with van der Waals surface area (Å²) in [4.78, 5) is 4.29. The zero-order valence-electron chi connectivity index (χ0n) is 9.79. The van der Waals surface area contributed by atoms with Crippen LogP contribution in [0.5, 0.6) is 0 Å². The quantitative estimate of drug-likeness (QED) is 0.777. The number of ether oxygens (including phenoxy) is 1. The van der Waals surface area contributed by atoms with Crippen molar-refractivity contribution in [3.63, 3.8) is 0 Å². The monoisotopic (exact) mass is 208 g/mol. The molecule has 0 saturated heterocycles. The molecular formula is C12H20N2O. The minimum Gasteiger partial charge on any atom is -0.380 e. The second-order valence-electron chi connectivity index (χ2n) is 3.50. The first-order chi connectivity index (χ1) is 7.27. The van der Waals surface area contributed by atoms with Crippen molar-refractivity contribution >= 4 is 0 Å². The van der Waals surface area contributed by atoms with Crippen LogP contribution in [-0.2, 0) is 4.74 Å². The van der Waals surface area contributed by atoms with Crippen molar-refractivity contribution in [1.29, 1.82) is 0 Å². The number of aryl methyl sites for hydroxylation is 1. The standard InChI is InChI=1S/C12H20N2O/c1-4-13-12(9-15-5-2)11-7-6-10(3)14-8-11/h6-8,12-13H,4-5,9H2,1-3H3. The van der Waals surface area contributed by atoms with Gasteiger partial charge in [-0.25, -0.2) is 0 Å². The van der Waals surface area contributed by atoms with Gasteiger partial charge in [0.2, 0.25) is 0 Å². The third-order valence-electron chi connectivity index (χ3n) is 2.28. The molecule has 1 aromatic rings. The fourth-order valence-corrected chi connectivity index (χ4v) is 1.44. The molecule has 1 heterocycles. The Morgan fingerprint density at radius 3 is 2.73 bits per heavy atom. The molecule has 0 amide bonds. The summed E-state index contributed by atoms with van der Waals surface area (Å²) in [5.74, 6) is 0. The Labute approximate surface area is 91.9 Å². The van der Waals surface area contributed by atoms with E-state index in [0.717, 1.165) is 18.8 Å². The number of rotatable bonds is 6. The minimum absolute atomic E-state index is 0.253. The summed E-state index contributed by atoms with van der Waals surface area (Å²) in [7, 11) is 0. The Morgan fingerprint density at radius 1 is 1.40 bits per heavy atom. The smallest absolute Gasteiger partial charge is 0.0661 e. The van der Waals surface area contributed by atoms with Crippen LogP contribution in [0, 0.1) is 6.92 Å². The third kappa shape index (κ3) is 3.98. The van der Waals surface area contributed by atoms with Crippen molar-refractivity contribution in [3.05, 3.63) is 29.6 Å². The van der Waals surface area contributed by atoms with Crippen LogP contribution in [-0.4, -0.2) is 24.7 Å². The molecule has 0 aliphatic heterocycles. The molecule has 0 fully saturated rings. The zero-order chi connectivity index (χ0) is 11.1. The molecule has 0 radical (unpaired) electrons. The third-order valence-corrected chi connectivity index (χ3v) is 2.28. The maximum absolute atomic E-state index is 5.44. The summed E-state index contributed by atoms with van der Waals surface area (Å²) >= 11 is 0. The molecule has 1 rings (SSSR count). The fraction of sp³-hybridized carbons (Fsp3) is 0.583. The molecule has 3 heteroatoms. The van der Waals surface area contributed by atoms with E-state index in [-0.39, 0.29) is 6.04 Å². The highest BCUT2D eigenvalue weighted by Crippen LogP contribution is 2.12. The number of nitrogens with zero attached hydrogens (tertiary/aromatic N) is 1. The Morgan fingerprint density at radius 2 is 2.20 bits per heavy atom. The molecule has 1 atom stereocenters. The number of pyridine rings is 1. The van der Waals surface area contributed by atoms with E-state index in [4.69, 9.17) is 4.74 Å². The van der Waals surface area contributed by atoms with Crippen molar-refractivity contribution in [1.82, 2.24) is 10.3 Å². The van der Waals surface area contributed by atoms with E-state index in [1.807, 2.05) is 26.1 Å². The van der Waals surface area contributed by atoms with E-state index in [2.05, 4.69) is 23.3 Å².